The minimum atomic E-state index is -4.07. The molecule has 0 aromatic heterocycles. The Balaban J connectivity index is 2.02. The van der Waals surface area contributed by atoms with E-state index in [1.54, 1.807) is 55.5 Å². The van der Waals surface area contributed by atoms with E-state index in [2.05, 4.69) is 5.32 Å². The van der Waals surface area contributed by atoms with Gasteiger partial charge < -0.3 is 5.32 Å². The highest BCUT2D eigenvalue weighted by Crippen LogP contribution is 2.33. The zero-order valence-electron chi connectivity index (χ0n) is 16.3. The summed E-state index contributed by atoms with van der Waals surface area (Å²) in [7, 11) is -4.07. The van der Waals surface area contributed by atoms with Gasteiger partial charge in [-0.1, -0.05) is 47.5 Å². The van der Waals surface area contributed by atoms with Crippen LogP contribution in [0.15, 0.2) is 71.6 Å². The lowest BCUT2D eigenvalue weighted by Gasteiger charge is -2.24. The number of hydrogen-bond acceptors (Lipinski definition) is 4. The number of hydrogen-bond donors (Lipinski definition) is 1. The molecule has 0 radical (unpaired) electrons. The fourth-order valence-electron chi connectivity index (χ4n) is 2.97. The quantitative estimate of drug-likeness (QED) is 0.523. The first-order chi connectivity index (χ1) is 14.8. The fraction of sp³-hybridized carbons (Fsp3) is 0.0909. The zero-order chi connectivity index (χ0) is 22.6. The molecule has 3 aromatic carbocycles. The first kappa shape index (κ1) is 22.6. The first-order valence-corrected chi connectivity index (χ1v) is 11.4. The van der Waals surface area contributed by atoms with Crippen molar-refractivity contribution < 1.29 is 13.2 Å². The Kier molecular flexibility index (Phi) is 6.86. The van der Waals surface area contributed by atoms with E-state index in [-0.39, 0.29) is 27.0 Å². The summed E-state index contributed by atoms with van der Waals surface area (Å²) in [6.07, 6.45) is 0. The van der Waals surface area contributed by atoms with Crippen LogP contribution < -0.4 is 9.62 Å². The molecule has 0 unspecified atom stereocenters. The van der Waals surface area contributed by atoms with Crippen LogP contribution in [-0.2, 0) is 10.0 Å². The van der Waals surface area contributed by atoms with E-state index in [0.29, 0.717) is 16.9 Å². The van der Waals surface area contributed by atoms with Crippen molar-refractivity contribution >= 4 is 50.5 Å². The Morgan fingerprint density at radius 2 is 1.74 bits per heavy atom. The van der Waals surface area contributed by atoms with Crippen LogP contribution in [0, 0.1) is 11.3 Å². The predicted octanol–water partition coefficient (Wildman–Crippen LogP) is 5.33. The van der Waals surface area contributed by atoms with Gasteiger partial charge in [0.1, 0.15) is 4.90 Å². The third kappa shape index (κ3) is 4.83. The molecule has 9 heteroatoms. The van der Waals surface area contributed by atoms with Crippen molar-refractivity contribution in [1.82, 2.24) is 0 Å². The van der Waals surface area contributed by atoms with Gasteiger partial charge in [0.2, 0.25) is 0 Å². The van der Waals surface area contributed by atoms with Crippen LogP contribution in [0.3, 0.4) is 0 Å². The summed E-state index contributed by atoms with van der Waals surface area (Å²) in [4.78, 5) is 12.6. The normalized spacial score (nSPS) is 10.9. The summed E-state index contributed by atoms with van der Waals surface area (Å²) in [6.45, 7) is 1.86. The van der Waals surface area contributed by atoms with Gasteiger partial charge in [0.25, 0.3) is 15.9 Å². The molecule has 3 rings (SSSR count). The van der Waals surface area contributed by atoms with E-state index in [1.807, 2.05) is 6.07 Å². The molecule has 1 N–H and O–H groups in total. The van der Waals surface area contributed by atoms with Crippen LogP contribution >= 0.6 is 23.2 Å². The number of halogens is 2. The second-order valence-corrected chi connectivity index (χ2v) is 9.06. The van der Waals surface area contributed by atoms with Crippen molar-refractivity contribution in [3.8, 4) is 6.07 Å². The molecule has 0 saturated heterocycles. The summed E-state index contributed by atoms with van der Waals surface area (Å²) >= 11 is 12.4. The van der Waals surface area contributed by atoms with Crippen molar-refractivity contribution in [1.29, 1.82) is 5.26 Å². The molecule has 31 heavy (non-hydrogen) atoms. The number of carbonyl (C=O) groups excluding carboxylic acids is 1. The number of anilines is 2. The van der Waals surface area contributed by atoms with Crippen LogP contribution in [0.2, 0.25) is 10.0 Å². The topological polar surface area (TPSA) is 90.3 Å². The van der Waals surface area contributed by atoms with Crippen molar-refractivity contribution in [3.63, 3.8) is 0 Å². The highest BCUT2D eigenvalue weighted by molar-refractivity contribution is 7.93. The molecule has 3 aromatic rings. The highest BCUT2D eigenvalue weighted by Gasteiger charge is 2.28. The molecular weight excluding hydrogens is 457 g/mol. The second-order valence-electron chi connectivity index (χ2n) is 6.41. The Morgan fingerprint density at radius 1 is 1.03 bits per heavy atom. The number of nitriles is 1. The summed E-state index contributed by atoms with van der Waals surface area (Å²) < 4.78 is 27.9. The lowest BCUT2D eigenvalue weighted by atomic mass is 10.2. The number of nitrogens with zero attached hydrogens (tertiary/aromatic N) is 2. The van der Waals surface area contributed by atoms with E-state index in [9.17, 15) is 13.2 Å². The second kappa shape index (κ2) is 9.40. The van der Waals surface area contributed by atoms with Gasteiger partial charge in [0, 0.05) is 12.2 Å². The highest BCUT2D eigenvalue weighted by atomic mass is 35.5. The zero-order valence-corrected chi connectivity index (χ0v) is 18.7. The van der Waals surface area contributed by atoms with Crippen LogP contribution in [0.1, 0.15) is 22.8 Å². The van der Waals surface area contributed by atoms with Gasteiger partial charge in [-0.25, -0.2) is 8.42 Å². The molecule has 0 spiro atoms. The minimum absolute atomic E-state index is 0.000599. The van der Waals surface area contributed by atoms with Crippen LogP contribution in [0.4, 0.5) is 11.4 Å². The summed E-state index contributed by atoms with van der Waals surface area (Å²) in [6, 6.07) is 19.3. The average molecular weight is 474 g/mol. The molecule has 0 saturated carbocycles. The molecule has 0 aliphatic rings. The van der Waals surface area contributed by atoms with E-state index in [0.717, 1.165) is 6.07 Å². The molecule has 6 nitrogen and oxygen atoms in total. The maximum absolute atomic E-state index is 13.3. The largest absolute Gasteiger partial charge is 0.322 e. The molecule has 0 fully saturated rings. The maximum Gasteiger partial charge on any atom is 0.265 e. The van der Waals surface area contributed by atoms with Crippen LogP contribution in [0.25, 0.3) is 0 Å². The fourth-order valence-corrected chi connectivity index (χ4v) is 5.28. The number of para-hydroxylation sites is 1. The van der Waals surface area contributed by atoms with E-state index < -0.39 is 15.9 Å². The van der Waals surface area contributed by atoms with Gasteiger partial charge in [-0.2, -0.15) is 5.26 Å². The lowest BCUT2D eigenvalue weighted by Crippen LogP contribution is -2.31. The number of rotatable bonds is 6. The summed E-state index contributed by atoms with van der Waals surface area (Å²) in [5.41, 5.74) is 1.15. The van der Waals surface area contributed by atoms with Gasteiger partial charge in [-0.3, -0.25) is 9.10 Å². The Bertz CT molecular complexity index is 1270. The lowest BCUT2D eigenvalue weighted by molar-refractivity contribution is 0.102. The van der Waals surface area contributed by atoms with E-state index in [1.165, 1.54) is 16.4 Å². The minimum Gasteiger partial charge on any atom is -0.322 e. The number of benzene rings is 3. The number of sulfonamides is 1. The maximum atomic E-state index is 13.3. The SMILES string of the molecule is CCN(c1ccccc1)S(=O)(=O)c1cc(C(=O)Nc2cccc(C#N)c2)c(Cl)cc1Cl. The molecule has 0 atom stereocenters. The van der Waals surface area contributed by atoms with Crippen LogP contribution in [0.5, 0.6) is 0 Å². The molecule has 0 aliphatic heterocycles. The van der Waals surface area contributed by atoms with Gasteiger partial charge in [0.15, 0.2) is 0 Å². The molecule has 1 amide bonds. The summed E-state index contributed by atoms with van der Waals surface area (Å²) in [5, 5.41) is 11.5. The van der Waals surface area contributed by atoms with Gasteiger partial charge in [-0.05, 0) is 49.4 Å². The Labute approximate surface area is 190 Å². The van der Waals surface area contributed by atoms with E-state index in [4.69, 9.17) is 28.5 Å². The molecule has 0 heterocycles. The third-order valence-electron chi connectivity index (χ3n) is 4.42. The average Bonchev–Trinajstić information content (AvgIpc) is 2.74. The number of nitrogens with one attached hydrogen (secondary N) is 1. The number of amides is 1. The Morgan fingerprint density at radius 3 is 2.39 bits per heavy atom. The van der Waals surface area contributed by atoms with Gasteiger partial charge in [-0.15, -0.1) is 0 Å². The van der Waals surface area contributed by atoms with Crippen molar-refractivity contribution in [2.45, 2.75) is 11.8 Å². The van der Waals surface area contributed by atoms with Crippen molar-refractivity contribution in [3.05, 3.63) is 87.9 Å². The number of carbonyl (C=O) groups is 1. The van der Waals surface area contributed by atoms with Crippen molar-refractivity contribution in [2.75, 3.05) is 16.2 Å². The summed E-state index contributed by atoms with van der Waals surface area (Å²) in [5.74, 6) is -0.629. The Hall–Kier alpha value is -3.05. The predicted molar refractivity (Wildman–Crippen MR) is 122 cm³/mol. The monoisotopic (exact) mass is 473 g/mol. The van der Waals surface area contributed by atoms with Crippen molar-refractivity contribution in [2.24, 2.45) is 0 Å². The van der Waals surface area contributed by atoms with Gasteiger partial charge in [0.05, 0.1) is 32.9 Å². The van der Waals surface area contributed by atoms with Crippen LogP contribution in [-0.4, -0.2) is 20.9 Å². The molecular formula is C22H17Cl2N3O3S. The third-order valence-corrected chi connectivity index (χ3v) is 7.10. The van der Waals surface area contributed by atoms with E-state index >= 15 is 0 Å². The smallest absolute Gasteiger partial charge is 0.265 e. The molecule has 0 aliphatic carbocycles. The van der Waals surface area contributed by atoms with Gasteiger partial charge >= 0.3 is 0 Å². The molecule has 158 valence electrons. The standard InChI is InChI=1S/C22H17Cl2N3O3S/c1-2-27(17-9-4-3-5-10-17)31(29,30)21-12-18(19(23)13-20(21)24)22(28)26-16-8-6-7-15(11-16)14-25/h3-13H,2H2,1H3,(H,26,28). The first-order valence-electron chi connectivity index (χ1n) is 9.16. The molecule has 0 bridgehead atoms.